The maximum atomic E-state index is 12.3. The van der Waals surface area contributed by atoms with Crippen LogP contribution in [-0.2, 0) is 14.3 Å². The van der Waals surface area contributed by atoms with Crippen LogP contribution in [0.15, 0.2) is 0 Å². The lowest BCUT2D eigenvalue weighted by atomic mass is 9.96. The highest BCUT2D eigenvalue weighted by molar-refractivity contribution is 5.92. The summed E-state index contributed by atoms with van der Waals surface area (Å²) in [5, 5.41) is 2.86. The molecule has 1 atom stereocenters. The second kappa shape index (κ2) is 7.25. The number of primary amides is 1. The van der Waals surface area contributed by atoms with Gasteiger partial charge in [0, 0.05) is 0 Å². The first-order valence-corrected chi connectivity index (χ1v) is 8.31. The molecule has 2 aliphatic rings. The summed E-state index contributed by atoms with van der Waals surface area (Å²) in [6, 6.07) is 0. The van der Waals surface area contributed by atoms with Crippen LogP contribution in [0.25, 0.3) is 0 Å². The number of hydrogen-bond acceptors (Lipinski definition) is 3. The van der Waals surface area contributed by atoms with E-state index in [2.05, 4.69) is 5.32 Å². The number of nitrogens with one attached hydrogen (secondary N) is 1. The average Bonchev–Trinajstić information content (AvgIpc) is 2.77. The standard InChI is InChI=1S/C16H28N2O3/c1-12(21-13-8-4-2-3-5-9-13)14(19)18-16(15(17)20)10-6-7-11-16/h12-13H,2-11H2,1H3,(H2,17,20)(H,18,19)/t12-/m0/s1. The Hall–Kier alpha value is -1.10. The number of nitrogens with two attached hydrogens (primary N) is 1. The van der Waals surface area contributed by atoms with Crippen molar-refractivity contribution in [3.63, 3.8) is 0 Å². The molecule has 0 saturated heterocycles. The van der Waals surface area contributed by atoms with Crippen LogP contribution in [0.2, 0.25) is 0 Å². The first kappa shape index (κ1) is 16.3. The molecule has 120 valence electrons. The molecular formula is C16H28N2O3. The zero-order chi connectivity index (χ0) is 15.3. The van der Waals surface area contributed by atoms with Crippen molar-refractivity contribution in [1.29, 1.82) is 0 Å². The van der Waals surface area contributed by atoms with E-state index in [9.17, 15) is 9.59 Å². The van der Waals surface area contributed by atoms with Crippen LogP contribution in [0.1, 0.15) is 71.1 Å². The molecule has 0 spiro atoms. The Morgan fingerprint density at radius 2 is 1.67 bits per heavy atom. The fourth-order valence-corrected chi connectivity index (χ4v) is 3.48. The summed E-state index contributed by atoms with van der Waals surface area (Å²) in [6.45, 7) is 1.77. The summed E-state index contributed by atoms with van der Waals surface area (Å²) >= 11 is 0. The van der Waals surface area contributed by atoms with Gasteiger partial charge >= 0.3 is 0 Å². The topological polar surface area (TPSA) is 81.4 Å². The average molecular weight is 296 g/mol. The summed E-state index contributed by atoms with van der Waals surface area (Å²) in [7, 11) is 0. The summed E-state index contributed by atoms with van der Waals surface area (Å²) in [5.74, 6) is -0.630. The van der Waals surface area contributed by atoms with Crippen molar-refractivity contribution in [3.8, 4) is 0 Å². The molecule has 0 unspecified atom stereocenters. The van der Waals surface area contributed by atoms with Gasteiger partial charge in [-0.25, -0.2) is 0 Å². The lowest BCUT2D eigenvalue weighted by Gasteiger charge is -2.29. The van der Waals surface area contributed by atoms with E-state index >= 15 is 0 Å². The molecule has 5 heteroatoms. The molecule has 2 fully saturated rings. The summed E-state index contributed by atoms with van der Waals surface area (Å²) in [6.07, 6.45) is 9.70. The fraction of sp³-hybridized carbons (Fsp3) is 0.875. The van der Waals surface area contributed by atoms with Gasteiger partial charge in [0.15, 0.2) is 0 Å². The summed E-state index contributed by atoms with van der Waals surface area (Å²) in [4.78, 5) is 24.0. The molecule has 21 heavy (non-hydrogen) atoms. The Morgan fingerprint density at radius 1 is 1.10 bits per heavy atom. The first-order chi connectivity index (χ1) is 10.0. The van der Waals surface area contributed by atoms with Crippen molar-refractivity contribution in [3.05, 3.63) is 0 Å². The molecule has 0 aromatic carbocycles. The van der Waals surface area contributed by atoms with Crippen LogP contribution in [0.5, 0.6) is 0 Å². The molecule has 0 aromatic heterocycles. The number of hydrogen-bond donors (Lipinski definition) is 2. The highest BCUT2D eigenvalue weighted by Crippen LogP contribution is 2.29. The normalized spacial score (nSPS) is 24.2. The molecule has 2 rings (SSSR count). The monoisotopic (exact) mass is 296 g/mol. The van der Waals surface area contributed by atoms with Gasteiger partial charge in [-0.15, -0.1) is 0 Å². The third-order valence-corrected chi connectivity index (χ3v) is 4.86. The maximum absolute atomic E-state index is 12.3. The lowest BCUT2D eigenvalue weighted by Crippen LogP contribution is -2.57. The summed E-state index contributed by atoms with van der Waals surface area (Å²) in [5.41, 5.74) is 4.64. The molecular weight excluding hydrogens is 268 g/mol. The minimum atomic E-state index is -0.849. The molecule has 2 aliphatic carbocycles. The van der Waals surface area contributed by atoms with Crippen molar-refractivity contribution in [2.45, 2.75) is 88.9 Å². The molecule has 0 aromatic rings. The second-order valence-electron chi connectivity index (χ2n) is 6.53. The minimum absolute atomic E-state index is 0.168. The van der Waals surface area contributed by atoms with Crippen molar-refractivity contribution in [2.75, 3.05) is 0 Å². The Morgan fingerprint density at radius 3 is 2.19 bits per heavy atom. The number of carbonyl (C=O) groups is 2. The quantitative estimate of drug-likeness (QED) is 0.762. The SMILES string of the molecule is C[C@H](OC1CCCCCC1)C(=O)NC1(C(N)=O)CCCC1. The minimum Gasteiger partial charge on any atom is -0.368 e. The van der Waals surface area contributed by atoms with Gasteiger partial charge in [-0.2, -0.15) is 0 Å². The Kier molecular flexibility index (Phi) is 5.62. The van der Waals surface area contributed by atoms with E-state index in [-0.39, 0.29) is 12.0 Å². The van der Waals surface area contributed by atoms with Gasteiger partial charge in [0.1, 0.15) is 11.6 Å². The predicted octanol–water partition coefficient (Wildman–Crippen LogP) is 2.03. The zero-order valence-electron chi connectivity index (χ0n) is 13.0. The molecule has 3 N–H and O–H groups in total. The molecule has 2 amide bonds. The Labute approximate surface area is 127 Å². The van der Waals surface area contributed by atoms with Gasteiger partial charge in [-0.1, -0.05) is 38.5 Å². The number of amides is 2. The molecule has 0 bridgehead atoms. The van der Waals surface area contributed by atoms with Gasteiger partial charge in [0.25, 0.3) is 0 Å². The number of rotatable bonds is 5. The van der Waals surface area contributed by atoms with Crippen LogP contribution in [0.4, 0.5) is 0 Å². The van der Waals surface area contributed by atoms with Gasteiger partial charge in [-0.3, -0.25) is 9.59 Å². The molecule has 5 nitrogen and oxygen atoms in total. The Balaban J connectivity index is 1.88. The van der Waals surface area contributed by atoms with E-state index < -0.39 is 17.6 Å². The van der Waals surface area contributed by atoms with Gasteiger partial charge in [-0.05, 0) is 32.6 Å². The zero-order valence-corrected chi connectivity index (χ0v) is 13.0. The molecule has 0 aliphatic heterocycles. The van der Waals surface area contributed by atoms with Crippen molar-refractivity contribution >= 4 is 11.8 Å². The van der Waals surface area contributed by atoms with Crippen LogP contribution in [-0.4, -0.2) is 29.6 Å². The maximum Gasteiger partial charge on any atom is 0.249 e. The van der Waals surface area contributed by atoms with E-state index in [1.54, 1.807) is 6.92 Å². The van der Waals surface area contributed by atoms with Crippen LogP contribution < -0.4 is 11.1 Å². The van der Waals surface area contributed by atoms with Gasteiger partial charge in [0.05, 0.1) is 6.10 Å². The third-order valence-electron chi connectivity index (χ3n) is 4.86. The van der Waals surface area contributed by atoms with E-state index in [0.717, 1.165) is 25.7 Å². The highest BCUT2D eigenvalue weighted by atomic mass is 16.5. The smallest absolute Gasteiger partial charge is 0.249 e. The van der Waals surface area contributed by atoms with Crippen molar-refractivity contribution in [1.82, 2.24) is 5.32 Å². The van der Waals surface area contributed by atoms with Crippen molar-refractivity contribution in [2.24, 2.45) is 5.73 Å². The van der Waals surface area contributed by atoms with Crippen LogP contribution in [0, 0.1) is 0 Å². The van der Waals surface area contributed by atoms with E-state index in [1.165, 1.54) is 25.7 Å². The Bertz CT molecular complexity index is 370. The molecule has 0 radical (unpaired) electrons. The molecule has 0 heterocycles. The third kappa shape index (κ3) is 4.19. The van der Waals surface area contributed by atoms with E-state index in [4.69, 9.17) is 10.5 Å². The van der Waals surface area contributed by atoms with Gasteiger partial charge in [0.2, 0.25) is 11.8 Å². The molecule has 2 saturated carbocycles. The van der Waals surface area contributed by atoms with Crippen LogP contribution in [0.3, 0.4) is 0 Å². The van der Waals surface area contributed by atoms with Crippen LogP contribution >= 0.6 is 0 Å². The van der Waals surface area contributed by atoms with Crippen molar-refractivity contribution < 1.29 is 14.3 Å². The number of ether oxygens (including phenoxy) is 1. The highest BCUT2D eigenvalue weighted by Gasteiger charge is 2.41. The second-order valence-corrected chi connectivity index (χ2v) is 6.53. The summed E-state index contributed by atoms with van der Waals surface area (Å²) < 4.78 is 5.90. The first-order valence-electron chi connectivity index (χ1n) is 8.31. The lowest BCUT2D eigenvalue weighted by molar-refractivity contribution is -0.141. The fourth-order valence-electron chi connectivity index (χ4n) is 3.48. The van der Waals surface area contributed by atoms with E-state index in [0.29, 0.717) is 12.8 Å². The number of carbonyl (C=O) groups excluding carboxylic acids is 2. The van der Waals surface area contributed by atoms with Gasteiger partial charge < -0.3 is 15.8 Å². The predicted molar refractivity (Wildman–Crippen MR) is 80.6 cm³/mol. The van der Waals surface area contributed by atoms with E-state index in [1.807, 2.05) is 0 Å². The largest absolute Gasteiger partial charge is 0.368 e.